The van der Waals surface area contributed by atoms with Gasteiger partial charge in [-0.25, -0.2) is 0 Å². The second-order valence-electron chi connectivity index (χ2n) is 5.30. The van der Waals surface area contributed by atoms with Crippen molar-refractivity contribution in [2.24, 2.45) is 0 Å². The minimum Gasteiger partial charge on any atom is -0.494 e. The molecule has 0 aliphatic carbocycles. The highest BCUT2D eigenvalue weighted by atomic mass is 16.5. The summed E-state index contributed by atoms with van der Waals surface area (Å²) in [6.07, 6.45) is 11.0. The molecular weight excluding hydrogens is 255 g/mol. The van der Waals surface area contributed by atoms with Gasteiger partial charge in [-0.1, -0.05) is 55.7 Å². The monoisotopic (exact) mass is 282 g/mol. The Balaban J connectivity index is 2.98. The standard InChI is InChI=1S/C19H27BO/c1-5-9-15-21-18-11-12-19(17(16-18)10-6-2)20(13-7-3)14-8-4/h6-8,11-12,16H,2-5,9-10,13-15H2,1H3. The highest BCUT2D eigenvalue weighted by molar-refractivity contribution is 6.74. The Hall–Kier alpha value is -1.70. The van der Waals surface area contributed by atoms with Crippen LogP contribution in [0.15, 0.2) is 56.2 Å². The van der Waals surface area contributed by atoms with E-state index in [4.69, 9.17) is 4.74 Å². The van der Waals surface area contributed by atoms with E-state index in [1.165, 1.54) is 11.0 Å². The summed E-state index contributed by atoms with van der Waals surface area (Å²) >= 11 is 0. The van der Waals surface area contributed by atoms with Crippen molar-refractivity contribution in [1.29, 1.82) is 0 Å². The van der Waals surface area contributed by atoms with Gasteiger partial charge in [-0.15, -0.1) is 19.7 Å². The zero-order chi connectivity index (χ0) is 15.5. The first-order valence-corrected chi connectivity index (χ1v) is 7.85. The predicted octanol–water partition coefficient (Wildman–Crippen LogP) is 4.67. The summed E-state index contributed by atoms with van der Waals surface area (Å²) in [7, 11) is 0. The number of allylic oxidation sites excluding steroid dienone is 3. The first-order valence-electron chi connectivity index (χ1n) is 7.85. The SMILES string of the molecule is C=CCB(CC=C)c1ccc(OCCCC)cc1CC=C. The van der Waals surface area contributed by atoms with Gasteiger partial charge in [0.1, 0.15) is 5.75 Å². The molecule has 0 heterocycles. The molecule has 0 amide bonds. The molecule has 1 aromatic carbocycles. The van der Waals surface area contributed by atoms with Crippen LogP contribution in [0.3, 0.4) is 0 Å². The lowest BCUT2D eigenvalue weighted by molar-refractivity contribution is 0.309. The number of ether oxygens (including phenoxy) is 1. The van der Waals surface area contributed by atoms with Gasteiger partial charge >= 0.3 is 0 Å². The van der Waals surface area contributed by atoms with Crippen LogP contribution in [0.5, 0.6) is 5.75 Å². The van der Waals surface area contributed by atoms with Crippen LogP contribution < -0.4 is 10.2 Å². The van der Waals surface area contributed by atoms with Crippen LogP contribution in [-0.2, 0) is 6.42 Å². The third kappa shape index (κ3) is 5.67. The van der Waals surface area contributed by atoms with Crippen LogP contribution >= 0.6 is 0 Å². The molecular formula is C19H27BO. The molecule has 0 atom stereocenters. The second-order valence-corrected chi connectivity index (χ2v) is 5.30. The zero-order valence-electron chi connectivity index (χ0n) is 13.3. The number of unbranched alkanes of at least 4 members (excludes halogenated alkanes) is 1. The molecule has 2 heteroatoms. The molecule has 0 saturated heterocycles. The van der Waals surface area contributed by atoms with Crippen molar-refractivity contribution in [2.45, 2.75) is 38.8 Å². The average Bonchev–Trinajstić information content (AvgIpc) is 2.48. The van der Waals surface area contributed by atoms with Gasteiger partial charge in [-0.2, -0.15) is 0 Å². The molecule has 0 saturated carbocycles. The maximum atomic E-state index is 5.81. The van der Waals surface area contributed by atoms with E-state index in [1.54, 1.807) is 0 Å². The Morgan fingerprint density at radius 2 is 1.81 bits per heavy atom. The fourth-order valence-electron chi connectivity index (χ4n) is 2.49. The van der Waals surface area contributed by atoms with Gasteiger partial charge in [-0.3, -0.25) is 0 Å². The third-order valence-corrected chi connectivity index (χ3v) is 3.59. The Kier molecular flexibility index (Phi) is 8.34. The molecule has 0 radical (unpaired) electrons. The smallest absolute Gasteiger partial charge is 0.183 e. The van der Waals surface area contributed by atoms with E-state index in [2.05, 4.69) is 44.9 Å². The summed E-state index contributed by atoms with van der Waals surface area (Å²) in [4.78, 5) is 0. The molecule has 0 aliphatic rings. The van der Waals surface area contributed by atoms with Crippen LogP contribution in [0.2, 0.25) is 12.6 Å². The van der Waals surface area contributed by atoms with Crippen molar-refractivity contribution >= 4 is 12.2 Å². The molecule has 21 heavy (non-hydrogen) atoms. The van der Waals surface area contributed by atoms with Gasteiger partial charge < -0.3 is 4.74 Å². The van der Waals surface area contributed by atoms with Crippen LogP contribution in [0.25, 0.3) is 0 Å². The molecule has 1 aromatic rings. The first-order chi connectivity index (χ1) is 10.3. The number of rotatable bonds is 11. The molecule has 0 N–H and O–H groups in total. The van der Waals surface area contributed by atoms with Crippen LogP contribution in [0, 0.1) is 0 Å². The third-order valence-electron chi connectivity index (χ3n) is 3.59. The van der Waals surface area contributed by atoms with Crippen molar-refractivity contribution in [3.05, 3.63) is 61.7 Å². The van der Waals surface area contributed by atoms with Gasteiger partial charge in [0, 0.05) is 0 Å². The fourth-order valence-corrected chi connectivity index (χ4v) is 2.49. The van der Waals surface area contributed by atoms with Gasteiger partial charge in [0.25, 0.3) is 0 Å². The molecule has 0 unspecified atom stereocenters. The van der Waals surface area contributed by atoms with E-state index in [-0.39, 0.29) is 0 Å². The van der Waals surface area contributed by atoms with Gasteiger partial charge in [0.2, 0.25) is 0 Å². The Labute approximate surface area is 130 Å². The van der Waals surface area contributed by atoms with Crippen LogP contribution in [0.1, 0.15) is 25.3 Å². The van der Waals surface area contributed by atoms with Crippen molar-refractivity contribution < 1.29 is 4.74 Å². The minimum atomic E-state index is 0.444. The molecule has 1 rings (SSSR count). The van der Waals surface area contributed by atoms with Gasteiger partial charge in [0.15, 0.2) is 6.71 Å². The normalized spacial score (nSPS) is 9.95. The molecule has 1 nitrogen and oxygen atoms in total. The number of hydrogen-bond donors (Lipinski definition) is 0. The van der Waals surface area contributed by atoms with Crippen LogP contribution in [-0.4, -0.2) is 13.3 Å². The molecule has 0 aromatic heterocycles. The number of benzene rings is 1. The molecule has 112 valence electrons. The summed E-state index contributed by atoms with van der Waals surface area (Å²) in [5.74, 6) is 0.958. The molecule has 0 spiro atoms. The van der Waals surface area contributed by atoms with Gasteiger partial charge in [-0.05, 0) is 30.5 Å². The largest absolute Gasteiger partial charge is 0.494 e. The summed E-state index contributed by atoms with van der Waals surface area (Å²) in [6, 6.07) is 6.43. The van der Waals surface area contributed by atoms with E-state index < -0.39 is 0 Å². The molecule has 0 fully saturated rings. The van der Waals surface area contributed by atoms with Crippen LogP contribution in [0.4, 0.5) is 0 Å². The van der Waals surface area contributed by atoms with E-state index in [0.717, 1.165) is 44.3 Å². The lowest BCUT2D eigenvalue weighted by Gasteiger charge is -2.16. The quantitative estimate of drug-likeness (QED) is 0.325. The number of hydrogen-bond acceptors (Lipinski definition) is 1. The summed E-state index contributed by atoms with van der Waals surface area (Å²) in [6.45, 7) is 15.0. The Bertz CT molecular complexity index is 455. The maximum Gasteiger partial charge on any atom is 0.183 e. The lowest BCUT2D eigenvalue weighted by atomic mass is 9.40. The van der Waals surface area contributed by atoms with E-state index >= 15 is 0 Å². The van der Waals surface area contributed by atoms with Gasteiger partial charge in [0.05, 0.1) is 6.61 Å². The Morgan fingerprint density at radius 3 is 2.38 bits per heavy atom. The summed E-state index contributed by atoms with van der Waals surface area (Å²) < 4.78 is 5.81. The van der Waals surface area contributed by atoms with Crippen molar-refractivity contribution in [2.75, 3.05) is 6.61 Å². The zero-order valence-corrected chi connectivity index (χ0v) is 13.3. The second kappa shape index (κ2) is 10.1. The predicted molar refractivity (Wildman–Crippen MR) is 96.1 cm³/mol. The molecule has 0 bridgehead atoms. The summed E-state index contributed by atoms with van der Waals surface area (Å²) in [5.41, 5.74) is 2.66. The Morgan fingerprint density at radius 1 is 1.10 bits per heavy atom. The van der Waals surface area contributed by atoms with E-state index in [1.807, 2.05) is 18.2 Å². The summed E-state index contributed by atoms with van der Waals surface area (Å²) in [5, 5.41) is 0. The lowest BCUT2D eigenvalue weighted by Crippen LogP contribution is -2.31. The average molecular weight is 282 g/mol. The first kappa shape index (κ1) is 17.4. The highest BCUT2D eigenvalue weighted by Gasteiger charge is 2.17. The van der Waals surface area contributed by atoms with Crippen molar-refractivity contribution in [1.82, 2.24) is 0 Å². The van der Waals surface area contributed by atoms with E-state index in [9.17, 15) is 0 Å². The minimum absolute atomic E-state index is 0.444. The van der Waals surface area contributed by atoms with Crippen molar-refractivity contribution in [3.8, 4) is 5.75 Å². The topological polar surface area (TPSA) is 9.23 Å². The highest BCUT2D eigenvalue weighted by Crippen LogP contribution is 2.16. The van der Waals surface area contributed by atoms with Crippen molar-refractivity contribution in [3.63, 3.8) is 0 Å². The maximum absolute atomic E-state index is 5.81. The molecule has 0 aliphatic heterocycles. The van der Waals surface area contributed by atoms with E-state index in [0.29, 0.717) is 6.71 Å². The fraction of sp³-hybridized carbons (Fsp3) is 0.368.